The second-order valence-electron chi connectivity index (χ2n) is 6.79. The van der Waals surface area contributed by atoms with E-state index in [1.165, 1.54) is 11.8 Å². The number of nitrogens with zero attached hydrogens (tertiary/aromatic N) is 3. The lowest BCUT2D eigenvalue weighted by atomic mass is 10.1. The molecule has 28 heavy (non-hydrogen) atoms. The Morgan fingerprint density at radius 2 is 1.86 bits per heavy atom. The van der Waals surface area contributed by atoms with Gasteiger partial charge >= 0.3 is 0 Å². The molecule has 3 aromatic rings. The second kappa shape index (κ2) is 8.06. The van der Waals surface area contributed by atoms with Crippen molar-refractivity contribution in [2.75, 3.05) is 7.11 Å². The van der Waals surface area contributed by atoms with Crippen LogP contribution < -0.4 is 10.1 Å². The Morgan fingerprint density at radius 1 is 1.14 bits per heavy atom. The fourth-order valence-corrected chi connectivity index (χ4v) is 3.93. The largest absolute Gasteiger partial charge is 0.497 e. The van der Waals surface area contributed by atoms with Crippen LogP contribution in [0.5, 0.6) is 5.75 Å². The average molecular weight is 395 g/mol. The molecule has 0 bridgehead atoms. The van der Waals surface area contributed by atoms with Crippen molar-refractivity contribution in [3.63, 3.8) is 0 Å². The first-order valence-corrected chi connectivity index (χ1v) is 10.1. The molecule has 144 valence electrons. The van der Waals surface area contributed by atoms with E-state index in [0.29, 0.717) is 11.2 Å². The number of ether oxygens (including phenoxy) is 1. The number of carbonyl (C=O) groups is 1. The lowest BCUT2D eigenvalue weighted by Gasteiger charge is -2.16. The molecule has 7 heteroatoms. The van der Waals surface area contributed by atoms with Crippen LogP contribution in [0.1, 0.15) is 23.7 Å². The summed E-state index contributed by atoms with van der Waals surface area (Å²) >= 11 is 1.42. The van der Waals surface area contributed by atoms with Gasteiger partial charge in [-0.3, -0.25) is 4.79 Å². The van der Waals surface area contributed by atoms with Crippen molar-refractivity contribution in [2.24, 2.45) is 7.05 Å². The van der Waals surface area contributed by atoms with E-state index in [1.807, 2.05) is 66.2 Å². The molecule has 1 saturated carbocycles. The van der Waals surface area contributed by atoms with E-state index in [1.54, 1.807) is 7.11 Å². The van der Waals surface area contributed by atoms with Gasteiger partial charge in [0.25, 0.3) is 0 Å². The van der Waals surface area contributed by atoms with Gasteiger partial charge in [0, 0.05) is 18.7 Å². The molecule has 0 aliphatic heterocycles. The van der Waals surface area contributed by atoms with Crippen molar-refractivity contribution >= 4 is 17.7 Å². The van der Waals surface area contributed by atoms with Crippen molar-refractivity contribution in [2.45, 2.75) is 29.3 Å². The number of amides is 1. The molecule has 1 aliphatic carbocycles. The zero-order valence-electron chi connectivity index (χ0n) is 15.8. The van der Waals surface area contributed by atoms with E-state index in [4.69, 9.17) is 4.74 Å². The summed E-state index contributed by atoms with van der Waals surface area (Å²) < 4.78 is 7.14. The second-order valence-corrected chi connectivity index (χ2v) is 7.86. The Kier molecular flexibility index (Phi) is 5.34. The molecular weight excluding hydrogens is 372 g/mol. The van der Waals surface area contributed by atoms with Crippen LogP contribution in [-0.2, 0) is 11.8 Å². The zero-order valence-corrected chi connectivity index (χ0v) is 16.6. The number of nitrogens with one attached hydrogen (secondary N) is 1. The molecule has 2 aromatic carbocycles. The van der Waals surface area contributed by atoms with E-state index in [2.05, 4.69) is 15.5 Å². The van der Waals surface area contributed by atoms with Crippen molar-refractivity contribution in [1.29, 1.82) is 0 Å². The summed E-state index contributed by atoms with van der Waals surface area (Å²) in [5.74, 6) is 1.56. The lowest BCUT2D eigenvalue weighted by Crippen LogP contribution is -2.29. The van der Waals surface area contributed by atoms with Gasteiger partial charge in [0.1, 0.15) is 11.0 Å². The van der Waals surface area contributed by atoms with Gasteiger partial charge in [0.15, 0.2) is 11.0 Å². The minimum absolute atomic E-state index is 0.0210. The number of benzene rings is 2. The first-order valence-electron chi connectivity index (χ1n) is 9.21. The molecule has 1 atom stereocenters. The Bertz CT molecular complexity index is 952. The molecule has 1 N–H and O–H groups in total. The fourth-order valence-electron chi connectivity index (χ4n) is 2.92. The molecular formula is C21H22N4O2S. The maximum atomic E-state index is 12.9. The van der Waals surface area contributed by atoms with E-state index >= 15 is 0 Å². The third-order valence-electron chi connectivity index (χ3n) is 4.67. The van der Waals surface area contributed by atoms with Crippen molar-refractivity contribution in [3.05, 3.63) is 60.2 Å². The van der Waals surface area contributed by atoms with Crippen molar-refractivity contribution in [3.8, 4) is 17.1 Å². The van der Waals surface area contributed by atoms with E-state index < -0.39 is 0 Å². The number of methoxy groups -OCH3 is 1. The predicted molar refractivity (Wildman–Crippen MR) is 109 cm³/mol. The minimum atomic E-state index is -0.367. The summed E-state index contributed by atoms with van der Waals surface area (Å²) in [5.41, 5.74) is 1.90. The van der Waals surface area contributed by atoms with Gasteiger partial charge in [-0.05, 0) is 42.7 Å². The molecule has 0 radical (unpaired) electrons. The number of hydrogen-bond acceptors (Lipinski definition) is 5. The minimum Gasteiger partial charge on any atom is -0.497 e. The molecule has 0 spiro atoms. The monoisotopic (exact) mass is 394 g/mol. The molecule has 1 aromatic heterocycles. The Hall–Kier alpha value is -2.80. The van der Waals surface area contributed by atoms with Crippen LogP contribution in [0.2, 0.25) is 0 Å². The third-order valence-corrected chi connectivity index (χ3v) is 5.96. The number of thioether (sulfide) groups is 1. The maximum Gasteiger partial charge on any atom is 0.238 e. The van der Waals surface area contributed by atoms with Gasteiger partial charge in [0.05, 0.1) is 7.11 Å². The molecule has 6 nitrogen and oxygen atoms in total. The molecule has 1 fully saturated rings. The smallest absolute Gasteiger partial charge is 0.238 e. The summed E-state index contributed by atoms with van der Waals surface area (Å²) in [6, 6.07) is 17.8. The number of carbonyl (C=O) groups excluding carboxylic acids is 1. The van der Waals surface area contributed by atoms with Crippen LogP contribution in [0.15, 0.2) is 59.8 Å². The van der Waals surface area contributed by atoms with Gasteiger partial charge in [-0.15, -0.1) is 10.2 Å². The molecule has 4 rings (SSSR count). The van der Waals surface area contributed by atoms with E-state index in [0.717, 1.165) is 35.5 Å². The Labute approximate surface area is 168 Å². The highest BCUT2D eigenvalue weighted by Gasteiger charge is 2.30. The van der Waals surface area contributed by atoms with Crippen LogP contribution in [0.4, 0.5) is 0 Å². The summed E-state index contributed by atoms with van der Waals surface area (Å²) in [6.07, 6.45) is 2.12. The normalized spacial score (nSPS) is 14.5. The van der Waals surface area contributed by atoms with Gasteiger partial charge in [-0.25, -0.2) is 0 Å². The molecule has 0 saturated heterocycles. The van der Waals surface area contributed by atoms with Crippen LogP contribution in [0, 0.1) is 0 Å². The first kappa shape index (κ1) is 18.6. The molecule has 1 aliphatic rings. The first-order chi connectivity index (χ1) is 13.7. The number of hydrogen-bond donors (Lipinski definition) is 1. The molecule has 1 unspecified atom stereocenters. The number of aromatic nitrogens is 3. The standard InChI is InChI=1S/C21H22N4O2S/c1-25-19(15-8-12-17(27-2)13-9-15)23-24-21(25)28-18(14-6-4-3-5-7-14)20(26)22-16-10-11-16/h3-9,12-13,16,18H,10-11H2,1-2H3,(H,22,26). The topological polar surface area (TPSA) is 69.0 Å². The average Bonchev–Trinajstić information content (AvgIpc) is 3.47. The van der Waals surface area contributed by atoms with E-state index in [-0.39, 0.29) is 11.2 Å². The Balaban J connectivity index is 1.59. The summed E-state index contributed by atoms with van der Waals surface area (Å²) in [4.78, 5) is 12.9. The van der Waals surface area contributed by atoms with Crippen LogP contribution in [0.25, 0.3) is 11.4 Å². The van der Waals surface area contributed by atoms with Crippen LogP contribution in [-0.4, -0.2) is 33.8 Å². The van der Waals surface area contributed by atoms with Crippen LogP contribution in [0.3, 0.4) is 0 Å². The van der Waals surface area contributed by atoms with Crippen molar-refractivity contribution in [1.82, 2.24) is 20.1 Å². The zero-order chi connectivity index (χ0) is 19.5. The maximum absolute atomic E-state index is 12.9. The molecule has 1 heterocycles. The summed E-state index contributed by atoms with van der Waals surface area (Å²) in [5, 5.41) is 12.1. The number of rotatable bonds is 7. The SMILES string of the molecule is COc1ccc(-c2nnc(SC(C(=O)NC3CC3)c3ccccc3)n2C)cc1. The highest BCUT2D eigenvalue weighted by molar-refractivity contribution is 8.00. The third kappa shape index (κ3) is 4.04. The summed E-state index contributed by atoms with van der Waals surface area (Å²) in [7, 11) is 3.56. The Morgan fingerprint density at radius 3 is 2.50 bits per heavy atom. The lowest BCUT2D eigenvalue weighted by molar-refractivity contribution is -0.120. The highest BCUT2D eigenvalue weighted by atomic mass is 32.2. The highest BCUT2D eigenvalue weighted by Crippen LogP contribution is 2.36. The van der Waals surface area contributed by atoms with Gasteiger partial charge in [0.2, 0.25) is 5.91 Å². The van der Waals surface area contributed by atoms with Crippen molar-refractivity contribution < 1.29 is 9.53 Å². The van der Waals surface area contributed by atoms with Gasteiger partial charge in [-0.1, -0.05) is 42.1 Å². The summed E-state index contributed by atoms with van der Waals surface area (Å²) in [6.45, 7) is 0. The van der Waals surface area contributed by atoms with E-state index in [9.17, 15) is 4.79 Å². The molecule has 1 amide bonds. The van der Waals surface area contributed by atoms with Gasteiger partial charge in [-0.2, -0.15) is 0 Å². The quantitative estimate of drug-likeness (QED) is 0.620. The van der Waals surface area contributed by atoms with Gasteiger partial charge < -0.3 is 14.6 Å². The van der Waals surface area contributed by atoms with Crippen LogP contribution >= 0.6 is 11.8 Å². The predicted octanol–water partition coefficient (Wildman–Crippen LogP) is 3.60. The fraction of sp³-hybridized carbons (Fsp3) is 0.286.